The van der Waals surface area contributed by atoms with E-state index < -0.39 is 11.8 Å². The number of rotatable bonds is 0. The molecule has 0 radical (unpaired) electrons. The summed E-state index contributed by atoms with van der Waals surface area (Å²) in [4.78, 5) is 19.6. The second-order valence-electron chi connectivity index (χ2n) is 1.09. The Morgan fingerprint density at radius 1 is 1.57 bits per heavy atom. The molecule has 3 nitrogen and oxygen atoms in total. The van der Waals surface area contributed by atoms with E-state index in [-0.39, 0.29) is 0 Å². The van der Waals surface area contributed by atoms with Gasteiger partial charge in [0.2, 0.25) is 7.85 Å². The highest BCUT2D eigenvalue weighted by Crippen LogP contribution is 1.73. The minimum Gasteiger partial charge on any atom is -0.403 e. The predicted molar refractivity (Wildman–Crippen MR) is 25.7 cm³/mol. The highest BCUT2D eigenvalue weighted by molar-refractivity contribution is 6.55. The Morgan fingerprint density at radius 3 is 2.00 bits per heavy atom. The Labute approximate surface area is 42.1 Å². The van der Waals surface area contributed by atoms with Crippen LogP contribution in [0.4, 0.5) is 4.79 Å². The SMILES string of the molecule is BC(=O)OC(C)=O. The van der Waals surface area contributed by atoms with E-state index in [0.29, 0.717) is 0 Å². The predicted octanol–water partition coefficient (Wildman–Crippen LogP) is -0.697. The van der Waals surface area contributed by atoms with E-state index in [1.165, 1.54) is 14.8 Å². The van der Waals surface area contributed by atoms with Crippen LogP contribution < -0.4 is 0 Å². The van der Waals surface area contributed by atoms with Gasteiger partial charge in [0.1, 0.15) is 0 Å². The quantitative estimate of drug-likeness (QED) is 0.229. The standard InChI is InChI=1S/C3H5BO3/c1-2(5)7-3(4)6/h4H2,1H3. The van der Waals surface area contributed by atoms with Crippen molar-refractivity contribution in [3.05, 3.63) is 0 Å². The summed E-state index contributed by atoms with van der Waals surface area (Å²) in [5, 5.41) is 0. The first-order chi connectivity index (χ1) is 3.13. The van der Waals surface area contributed by atoms with Crippen molar-refractivity contribution in [1.82, 2.24) is 0 Å². The van der Waals surface area contributed by atoms with Gasteiger partial charge in [0.15, 0.2) is 0 Å². The molecule has 0 saturated carbocycles. The minimum absolute atomic E-state index is 0.562. The fraction of sp³-hybridized carbons (Fsp3) is 0.333. The molecule has 7 heavy (non-hydrogen) atoms. The first kappa shape index (κ1) is 6.20. The number of esters is 1. The van der Waals surface area contributed by atoms with Crippen LogP contribution in [-0.4, -0.2) is 19.7 Å². The van der Waals surface area contributed by atoms with E-state index in [1.807, 2.05) is 0 Å². The van der Waals surface area contributed by atoms with Crippen molar-refractivity contribution in [3.63, 3.8) is 0 Å². The van der Waals surface area contributed by atoms with Gasteiger partial charge in [-0.1, -0.05) is 0 Å². The molecule has 0 spiro atoms. The molecular formula is C3H5BO3. The zero-order chi connectivity index (χ0) is 5.86. The van der Waals surface area contributed by atoms with Crippen molar-refractivity contribution < 1.29 is 14.3 Å². The number of carbonyl (C=O) groups excluding carboxylic acids is 2. The van der Waals surface area contributed by atoms with Gasteiger partial charge >= 0.3 is 5.97 Å². The third-order valence-corrected chi connectivity index (χ3v) is 0.287. The van der Waals surface area contributed by atoms with Gasteiger partial charge in [0.25, 0.3) is 5.87 Å². The number of hydrogen-bond donors (Lipinski definition) is 0. The first-order valence-electron chi connectivity index (χ1n) is 1.82. The monoisotopic (exact) mass is 100 g/mol. The van der Waals surface area contributed by atoms with Gasteiger partial charge < -0.3 is 4.74 Å². The van der Waals surface area contributed by atoms with Crippen molar-refractivity contribution >= 4 is 19.7 Å². The van der Waals surface area contributed by atoms with Crippen molar-refractivity contribution in [1.29, 1.82) is 0 Å². The molecule has 0 fully saturated rings. The van der Waals surface area contributed by atoms with Crippen molar-refractivity contribution in [2.75, 3.05) is 0 Å². The van der Waals surface area contributed by atoms with Gasteiger partial charge in [0, 0.05) is 6.92 Å². The summed E-state index contributed by atoms with van der Waals surface area (Å²) >= 11 is 0. The maximum atomic E-state index is 9.81. The van der Waals surface area contributed by atoms with E-state index in [9.17, 15) is 9.59 Å². The smallest absolute Gasteiger partial charge is 0.309 e. The van der Waals surface area contributed by atoms with Gasteiger partial charge in [-0.25, -0.2) is 0 Å². The van der Waals surface area contributed by atoms with Crippen molar-refractivity contribution in [2.45, 2.75) is 6.92 Å². The molecule has 0 saturated heterocycles. The van der Waals surface area contributed by atoms with E-state index in [4.69, 9.17) is 0 Å². The molecule has 0 rings (SSSR count). The van der Waals surface area contributed by atoms with Crippen LogP contribution in [0, 0.1) is 0 Å². The largest absolute Gasteiger partial charge is 0.403 e. The summed E-state index contributed by atoms with van der Waals surface area (Å²) in [6.45, 7) is 1.18. The summed E-state index contributed by atoms with van der Waals surface area (Å²) in [7, 11) is 1.18. The summed E-state index contributed by atoms with van der Waals surface area (Å²) < 4.78 is 3.97. The molecule has 0 bridgehead atoms. The minimum atomic E-state index is -0.562. The molecule has 0 aliphatic rings. The molecule has 4 heteroatoms. The molecule has 0 aromatic carbocycles. The van der Waals surface area contributed by atoms with Crippen LogP contribution in [0.2, 0.25) is 0 Å². The van der Waals surface area contributed by atoms with Crippen molar-refractivity contribution in [3.8, 4) is 0 Å². The molecule has 0 atom stereocenters. The highest BCUT2D eigenvalue weighted by Gasteiger charge is 1.93. The summed E-state index contributed by atoms with van der Waals surface area (Å²) in [6, 6.07) is 0. The lowest BCUT2D eigenvalue weighted by Gasteiger charge is -1.88. The zero-order valence-corrected chi connectivity index (χ0v) is 4.22. The average Bonchev–Trinajstić information content (AvgIpc) is 1.27. The third-order valence-electron chi connectivity index (χ3n) is 0.287. The average molecular weight is 99.9 g/mol. The molecule has 0 aromatic rings. The van der Waals surface area contributed by atoms with E-state index in [2.05, 4.69) is 4.74 Å². The van der Waals surface area contributed by atoms with E-state index in [1.54, 1.807) is 0 Å². The topological polar surface area (TPSA) is 43.4 Å². The Morgan fingerprint density at radius 2 is 2.00 bits per heavy atom. The maximum absolute atomic E-state index is 9.81. The second kappa shape index (κ2) is 2.39. The second-order valence-corrected chi connectivity index (χ2v) is 1.09. The fourth-order valence-electron chi connectivity index (χ4n) is 0.202. The normalized spacial score (nSPS) is 7.57. The molecule has 0 amide bonds. The van der Waals surface area contributed by atoms with Crippen LogP contribution in [0.15, 0.2) is 0 Å². The van der Waals surface area contributed by atoms with Crippen LogP contribution in [0.5, 0.6) is 0 Å². The lowest BCUT2D eigenvalue weighted by molar-refractivity contribution is -0.133. The van der Waals surface area contributed by atoms with Crippen LogP contribution in [-0.2, 0) is 9.53 Å². The zero-order valence-electron chi connectivity index (χ0n) is 4.22. The summed E-state index contributed by atoms with van der Waals surface area (Å²) in [5.41, 5.74) is 0. The summed E-state index contributed by atoms with van der Waals surface area (Å²) in [5.74, 6) is -1.12. The fourth-order valence-corrected chi connectivity index (χ4v) is 0.202. The van der Waals surface area contributed by atoms with E-state index in [0.717, 1.165) is 0 Å². The maximum Gasteiger partial charge on any atom is 0.309 e. The van der Waals surface area contributed by atoms with Crippen LogP contribution in [0.1, 0.15) is 6.92 Å². The molecule has 0 aliphatic heterocycles. The van der Waals surface area contributed by atoms with E-state index >= 15 is 0 Å². The summed E-state index contributed by atoms with van der Waals surface area (Å²) in [6.07, 6.45) is 0. The number of hydrogen-bond acceptors (Lipinski definition) is 3. The van der Waals surface area contributed by atoms with Crippen LogP contribution in [0.25, 0.3) is 0 Å². The van der Waals surface area contributed by atoms with Gasteiger partial charge in [-0.2, -0.15) is 0 Å². The lowest BCUT2D eigenvalue weighted by atomic mass is 10.2. The Bertz CT molecular complexity index is 86.4. The Hall–Kier alpha value is -0.795. The number of ether oxygens (including phenoxy) is 1. The molecule has 0 heterocycles. The van der Waals surface area contributed by atoms with Crippen LogP contribution >= 0.6 is 0 Å². The van der Waals surface area contributed by atoms with Gasteiger partial charge in [0.05, 0.1) is 0 Å². The Balaban J connectivity index is 3.32. The number of carbonyl (C=O) groups is 2. The van der Waals surface area contributed by atoms with Gasteiger partial charge in [-0.3, -0.25) is 9.59 Å². The Kier molecular flexibility index (Phi) is 2.12. The molecule has 0 aromatic heterocycles. The van der Waals surface area contributed by atoms with Crippen molar-refractivity contribution in [2.24, 2.45) is 0 Å². The van der Waals surface area contributed by atoms with Crippen LogP contribution in [0.3, 0.4) is 0 Å². The van der Waals surface area contributed by atoms with Gasteiger partial charge in [-0.15, -0.1) is 0 Å². The third kappa shape index (κ3) is 5.20. The first-order valence-corrected chi connectivity index (χ1v) is 1.82. The molecular weight excluding hydrogens is 94.8 g/mol. The molecule has 0 aliphatic carbocycles. The molecule has 0 N–H and O–H groups in total. The molecule has 0 unspecified atom stereocenters. The van der Waals surface area contributed by atoms with Gasteiger partial charge in [-0.05, 0) is 0 Å². The molecule has 38 valence electrons. The lowest BCUT2D eigenvalue weighted by Crippen LogP contribution is -2.05. The highest BCUT2D eigenvalue weighted by atomic mass is 16.6.